The van der Waals surface area contributed by atoms with Gasteiger partial charge in [0.1, 0.15) is 0 Å². The van der Waals surface area contributed by atoms with E-state index in [1.807, 2.05) is 17.2 Å². The average molecular weight is 625 g/mol. The zero-order valence-corrected chi connectivity index (χ0v) is 23.4. The van der Waals surface area contributed by atoms with Crippen LogP contribution >= 0.6 is 43.5 Å². The molecule has 2 aliphatic heterocycles. The molecule has 0 saturated carbocycles. The number of benzene rings is 1. The minimum absolute atomic E-state index is 0.178. The Hall–Kier alpha value is -1.48. The summed E-state index contributed by atoms with van der Waals surface area (Å²) >= 11 is 13.9. The van der Waals surface area contributed by atoms with Crippen molar-refractivity contribution in [3.05, 3.63) is 60.7 Å². The Morgan fingerprint density at radius 1 is 1.06 bits per heavy atom. The Balaban J connectivity index is 1.33. The van der Waals surface area contributed by atoms with Gasteiger partial charge in [-0.25, -0.2) is 0 Å². The van der Waals surface area contributed by atoms with E-state index in [4.69, 9.17) is 21.8 Å². The molecule has 1 aliphatic carbocycles. The quantitative estimate of drug-likeness (QED) is 0.354. The summed E-state index contributed by atoms with van der Waals surface area (Å²) < 4.78 is 2.06. The standard InChI is InChI=1S/C26H29Br2ClN4O2/c27-19-11-18-2-1-17-12-20(29)13-22(28)24(17)25(26(18)30-14-19)16-3-9-33(10-4-16)23(34)15-32-7-5-21(31-35)6-8-32/h11-14,16,25,35H,1-10,15H2/t25-/m1/s1. The molecule has 0 radical (unpaired) electrons. The van der Waals surface area contributed by atoms with Gasteiger partial charge in [-0.15, -0.1) is 0 Å². The first-order chi connectivity index (χ1) is 16.9. The molecule has 6 nitrogen and oxygen atoms in total. The highest BCUT2D eigenvalue weighted by atomic mass is 79.9. The third-order valence-electron chi connectivity index (χ3n) is 7.71. The molecule has 2 fully saturated rings. The van der Waals surface area contributed by atoms with Crippen molar-refractivity contribution in [2.45, 2.75) is 44.4 Å². The molecule has 1 N–H and O–H groups in total. The third-order valence-corrected chi connectivity index (χ3v) is 9.02. The van der Waals surface area contributed by atoms with Gasteiger partial charge in [-0.2, -0.15) is 0 Å². The summed E-state index contributed by atoms with van der Waals surface area (Å²) in [5.74, 6) is 0.779. The van der Waals surface area contributed by atoms with Gasteiger partial charge < -0.3 is 10.1 Å². The van der Waals surface area contributed by atoms with Gasteiger partial charge >= 0.3 is 0 Å². The summed E-state index contributed by atoms with van der Waals surface area (Å²) in [5, 5.41) is 13.0. The maximum Gasteiger partial charge on any atom is 0.236 e. The number of aromatic nitrogens is 1. The van der Waals surface area contributed by atoms with Crippen molar-refractivity contribution in [3.63, 3.8) is 0 Å². The minimum Gasteiger partial charge on any atom is -0.411 e. The van der Waals surface area contributed by atoms with Crippen LogP contribution < -0.4 is 0 Å². The first-order valence-corrected chi connectivity index (χ1v) is 14.2. The molecule has 9 heteroatoms. The molecule has 1 aromatic heterocycles. The number of aryl methyl sites for hydroxylation is 2. The molecule has 1 atom stereocenters. The van der Waals surface area contributed by atoms with Crippen LogP contribution in [0.4, 0.5) is 0 Å². The SMILES string of the molecule is O=C(CN1CCC(=NO)CC1)N1CCC([C@H]2c3ncc(Br)cc3CCc3cc(Cl)cc(Br)c32)CC1. The van der Waals surface area contributed by atoms with E-state index in [-0.39, 0.29) is 11.8 Å². The second-order valence-electron chi connectivity index (χ2n) is 9.80. The van der Waals surface area contributed by atoms with Gasteiger partial charge in [0, 0.05) is 65.1 Å². The van der Waals surface area contributed by atoms with E-state index in [9.17, 15) is 4.79 Å². The average Bonchev–Trinajstić information content (AvgIpc) is 3.01. The van der Waals surface area contributed by atoms with Crippen molar-refractivity contribution in [3.8, 4) is 0 Å². The van der Waals surface area contributed by atoms with Crippen LogP contribution in [0.3, 0.4) is 0 Å². The van der Waals surface area contributed by atoms with Crippen molar-refractivity contribution in [1.29, 1.82) is 0 Å². The van der Waals surface area contributed by atoms with Crippen LogP contribution in [0.25, 0.3) is 0 Å². The van der Waals surface area contributed by atoms with Gasteiger partial charge in [-0.05, 0) is 82.4 Å². The molecular formula is C26H29Br2ClN4O2. The zero-order chi connectivity index (χ0) is 24.5. The smallest absolute Gasteiger partial charge is 0.236 e. The van der Waals surface area contributed by atoms with E-state index >= 15 is 0 Å². The Morgan fingerprint density at radius 3 is 2.49 bits per heavy atom. The number of nitrogens with zero attached hydrogens (tertiary/aromatic N) is 4. The molecule has 0 bridgehead atoms. The lowest BCUT2D eigenvalue weighted by molar-refractivity contribution is -0.133. The van der Waals surface area contributed by atoms with Gasteiger partial charge in [0.2, 0.25) is 5.91 Å². The van der Waals surface area contributed by atoms with Gasteiger partial charge in [-0.3, -0.25) is 14.7 Å². The highest BCUT2D eigenvalue weighted by Crippen LogP contribution is 2.46. The summed E-state index contributed by atoms with van der Waals surface area (Å²) in [6, 6.07) is 6.32. The minimum atomic E-state index is 0.178. The molecule has 3 aliphatic rings. The van der Waals surface area contributed by atoms with Crippen LogP contribution in [0.2, 0.25) is 5.02 Å². The number of rotatable bonds is 3. The molecule has 2 aromatic rings. The van der Waals surface area contributed by atoms with Crippen molar-refractivity contribution < 1.29 is 10.0 Å². The normalized spacial score (nSPS) is 21.3. The molecule has 1 aromatic carbocycles. The molecule has 3 heterocycles. The largest absolute Gasteiger partial charge is 0.411 e. The Labute approximate surface area is 228 Å². The number of hydrogen-bond acceptors (Lipinski definition) is 5. The molecular weight excluding hydrogens is 596 g/mol. The lowest BCUT2D eigenvalue weighted by Gasteiger charge is -2.38. The van der Waals surface area contributed by atoms with E-state index in [1.165, 1.54) is 16.7 Å². The van der Waals surface area contributed by atoms with E-state index < -0.39 is 0 Å². The van der Waals surface area contributed by atoms with E-state index in [0.29, 0.717) is 12.5 Å². The molecule has 186 valence electrons. The van der Waals surface area contributed by atoms with Crippen LogP contribution in [0, 0.1) is 5.92 Å². The number of amides is 1. The highest BCUT2D eigenvalue weighted by Gasteiger charge is 2.36. The first-order valence-electron chi connectivity index (χ1n) is 12.2. The number of carbonyl (C=O) groups is 1. The summed E-state index contributed by atoms with van der Waals surface area (Å²) in [5.41, 5.74) is 5.87. The zero-order valence-electron chi connectivity index (χ0n) is 19.5. The Kier molecular flexibility index (Phi) is 7.82. The molecule has 5 rings (SSSR count). The summed E-state index contributed by atoms with van der Waals surface area (Å²) in [6.07, 6.45) is 7.14. The number of piperidine rings is 2. The van der Waals surface area contributed by atoms with Gasteiger partial charge in [0.05, 0.1) is 18.0 Å². The molecule has 1 amide bonds. The van der Waals surface area contributed by atoms with Gasteiger partial charge in [0.25, 0.3) is 0 Å². The lowest BCUT2D eigenvalue weighted by atomic mass is 9.76. The first kappa shape index (κ1) is 25.2. The topological polar surface area (TPSA) is 69.0 Å². The van der Waals surface area contributed by atoms with Crippen molar-refractivity contribution >= 4 is 55.1 Å². The number of fused-ring (bicyclic) bond motifs is 2. The highest BCUT2D eigenvalue weighted by molar-refractivity contribution is 9.10. The summed E-state index contributed by atoms with van der Waals surface area (Å²) in [4.78, 5) is 22.2. The molecule has 0 unspecified atom stereocenters. The van der Waals surface area contributed by atoms with E-state index in [0.717, 1.165) is 90.1 Å². The predicted octanol–water partition coefficient (Wildman–Crippen LogP) is 5.66. The van der Waals surface area contributed by atoms with Crippen LogP contribution in [0.15, 0.2) is 38.5 Å². The Bertz CT molecular complexity index is 1140. The van der Waals surface area contributed by atoms with Crippen molar-refractivity contribution in [2.75, 3.05) is 32.7 Å². The number of likely N-dealkylation sites (tertiary alicyclic amines) is 2. The Morgan fingerprint density at radius 2 is 1.77 bits per heavy atom. The monoisotopic (exact) mass is 622 g/mol. The third kappa shape index (κ3) is 5.45. The summed E-state index contributed by atoms with van der Waals surface area (Å²) in [7, 11) is 0. The molecule has 35 heavy (non-hydrogen) atoms. The fourth-order valence-electron chi connectivity index (χ4n) is 5.87. The maximum absolute atomic E-state index is 13.0. The van der Waals surface area contributed by atoms with Crippen molar-refractivity contribution in [2.24, 2.45) is 11.1 Å². The number of carbonyl (C=O) groups excluding carboxylic acids is 1. The van der Waals surface area contributed by atoms with E-state index in [1.54, 1.807) is 0 Å². The predicted molar refractivity (Wildman–Crippen MR) is 145 cm³/mol. The number of halogens is 3. The maximum atomic E-state index is 13.0. The van der Waals surface area contributed by atoms with E-state index in [2.05, 4.69) is 54.0 Å². The van der Waals surface area contributed by atoms with Gasteiger partial charge in [-0.1, -0.05) is 32.7 Å². The second-order valence-corrected chi connectivity index (χ2v) is 12.0. The van der Waals surface area contributed by atoms with Crippen LogP contribution in [0.1, 0.15) is 54.0 Å². The fourth-order valence-corrected chi connectivity index (χ4v) is 7.37. The van der Waals surface area contributed by atoms with Crippen LogP contribution in [0.5, 0.6) is 0 Å². The molecule has 2 saturated heterocycles. The molecule has 0 spiro atoms. The second kappa shape index (κ2) is 10.9. The van der Waals surface area contributed by atoms with Crippen LogP contribution in [-0.4, -0.2) is 64.3 Å². The number of pyridine rings is 1. The number of oxime groups is 1. The lowest BCUT2D eigenvalue weighted by Crippen LogP contribution is -2.46. The van der Waals surface area contributed by atoms with Crippen LogP contribution in [-0.2, 0) is 17.6 Å². The van der Waals surface area contributed by atoms with Gasteiger partial charge in [0.15, 0.2) is 0 Å². The fraction of sp³-hybridized carbons (Fsp3) is 0.500. The number of hydrogen-bond donors (Lipinski definition) is 1. The van der Waals surface area contributed by atoms with Crippen molar-refractivity contribution in [1.82, 2.24) is 14.8 Å². The summed E-state index contributed by atoms with van der Waals surface area (Å²) in [6.45, 7) is 3.52.